The van der Waals surface area contributed by atoms with Crippen molar-refractivity contribution in [3.05, 3.63) is 0 Å². The molecule has 0 saturated carbocycles. The number of hydrogen-bond acceptors (Lipinski definition) is 4. The smallest absolute Gasteiger partial charge is 0.320 e. The van der Waals surface area contributed by atoms with Gasteiger partial charge in [0.15, 0.2) is 0 Å². The zero-order valence-corrected chi connectivity index (χ0v) is 10.3. The van der Waals surface area contributed by atoms with Crippen molar-refractivity contribution < 1.29 is 14.6 Å². The van der Waals surface area contributed by atoms with E-state index in [1.165, 1.54) is 0 Å². The molecule has 2 atom stereocenters. The highest BCUT2D eigenvalue weighted by Gasteiger charge is 2.16. The van der Waals surface area contributed by atoms with Crippen molar-refractivity contribution in [3.63, 3.8) is 0 Å². The maximum absolute atomic E-state index is 11.3. The third-order valence-electron chi connectivity index (χ3n) is 1.71. The summed E-state index contributed by atoms with van der Waals surface area (Å²) in [5.41, 5.74) is -0.438. The molecule has 0 amide bonds. The fraction of sp³-hybridized carbons (Fsp3) is 0.909. The lowest BCUT2D eigenvalue weighted by Gasteiger charge is -2.21. The number of hydrogen-bond donors (Lipinski definition) is 2. The minimum Gasteiger partial charge on any atom is -0.459 e. The Kier molecular flexibility index (Phi) is 5.83. The summed E-state index contributed by atoms with van der Waals surface area (Å²) in [5.74, 6) is -0.264. The molecule has 0 spiro atoms. The molecule has 0 aliphatic rings. The van der Waals surface area contributed by atoms with Gasteiger partial charge in [0, 0.05) is 6.04 Å². The molecule has 0 aliphatic carbocycles. The molecule has 0 rings (SSSR count). The summed E-state index contributed by atoms with van der Waals surface area (Å²) in [6.45, 7) is 9.35. The SMILES string of the molecule is CC(O)CC(C)NCC(=O)OC(C)(C)C. The van der Waals surface area contributed by atoms with Crippen molar-refractivity contribution in [1.82, 2.24) is 5.32 Å². The van der Waals surface area contributed by atoms with Crippen LogP contribution in [0.15, 0.2) is 0 Å². The Bertz CT molecular complexity index is 196. The second-order valence-electron chi connectivity index (χ2n) is 4.95. The largest absolute Gasteiger partial charge is 0.459 e. The molecule has 0 heterocycles. The second-order valence-corrected chi connectivity index (χ2v) is 4.95. The predicted octanol–water partition coefficient (Wildman–Crippen LogP) is 1.08. The maximum atomic E-state index is 11.3. The van der Waals surface area contributed by atoms with Crippen molar-refractivity contribution in [1.29, 1.82) is 0 Å². The number of ether oxygens (including phenoxy) is 1. The molecule has 0 aliphatic heterocycles. The minimum atomic E-state index is -0.438. The van der Waals surface area contributed by atoms with Crippen LogP contribution in [0.1, 0.15) is 41.0 Å². The van der Waals surface area contributed by atoms with E-state index >= 15 is 0 Å². The number of aliphatic hydroxyl groups excluding tert-OH is 1. The lowest BCUT2D eigenvalue weighted by Crippen LogP contribution is -2.37. The van der Waals surface area contributed by atoms with Crippen molar-refractivity contribution in [2.75, 3.05) is 6.54 Å². The number of carbonyl (C=O) groups is 1. The molecule has 4 nitrogen and oxygen atoms in total. The fourth-order valence-electron chi connectivity index (χ4n) is 1.23. The zero-order chi connectivity index (χ0) is 12.1. The Morgan fingerprint density at radius 3 is 2.33 bits per heavy atom. The molecule has 0 radical (unpaired) electrons. The number of rotatable bonds is 5. The van der Waals surface area contributed by atoms with Crippen molar-refractivity contribution >= 4 is 5.97 Å². The maximum Gasteiger partial charge on any atom is 0.320 e. The quantitative estimate of drug-likeness (QED) is 0.676. The Morgan fingerprint density at radius 2 is 1.93 bits per heavy atom. The molecule has 0 aromatic heterocycles. The molecular weight excluding hydrogens is 194 g/mol. The summed E-state index contributed by atoms with van der Waals surface area (Å²) < 4.78 is 5.13. The molecule has 0 aromatic carbocycles. The van der Waals surface area contributed by atoms with Crippen molar-refractivity contribution in [2.24, 2.45) is 0 Å². The third-order valence-corrected chi connectivity index (χ3v) is 1.71. The van der Waals surface area contributed by atoms with E-state index in [1.54, 1.807) is 6.92 Å². The van der Waals surface area contributed by atoms with Gasteiger partial charge in [-0.25, -0.2) is 0 Å². The van der Waals surface area contributed by atoms with Gasteiger partial charge < -0.3 is 15.2 Å². The Labute approximate surface area is 92.0 Å². The molecule has 90 valence electrons. The van der Waals surface area contributed by atoms with Gasteiger partial charge in [0.05, 0.1) is 12.6 Å². The average Bonchev–Trinajstić information content (AvgIpc) is 1.96. The minimum absolute atomic E-state index is 0.109. The van der Waals surface area contributed by atoms with Crippen molar-refractivity contribution in [3.8, 4) is 0 Å². The van der Waals surface area contributed by atoms with Crippen LogP contribution in [0.4, 0.5) is 0 Å². The van der Waals surface area contributed by atoms with Crippen molar-refractivity contribution in [2.45, 2.75) is 58.8 Å². The first-order chi connectivity index (χ1) is 6.70. The first-order valence-electron chi connectivity index (χ1n) is 5.34. The Balaban J connectivity index is 3.72. The van der Waals surface area contributed by atoms with Gasteiger partial charge in [-0.1, -0.05) is 0 Å². The van der Waals surface area contributed by atoms with E-state index in [9.17, 15) is 4.79 Å². The Hall–Kier alpha value is -0.610. The summed E-state index contributed by atoms with van der Waals surface area (Å²) in [5, 5.41) is 12.1. The Morgan fingerprint density at radius 1 is 1.40 bits per heavy atom. The number of aliphatic hydroxyl groups is 1. The highest BCUT2D eigenvalue weighted by atomic mass is 16.6. The predicted molar refractivity (Wildman–Crippen MR) is 59.6 cm³/mol. The highest BCUT2D eigenvalue weighted by Crippen LogP contribution is 2.06. The van der Waals surface area contributed by atoms with Crippen LogP contribution in [0.25, 0.3) is 0 Å². The summed E-state index contributed by atoms with van der Waals surface area (Å²) in [6.07, 6.45) is 0.272. The van der Waals surface area contributed by atoms with E-state index in [1.807, 2.05) is 27.7 Å². The van der Waals surface area contributed by atoms with Crippen LogP contribution in [0, 0.1) is 0 Å². The van der Waals surface area contributed by atoms with Gasteiger partial charge >= 0.3 is 5.97 Å². The molecule has 4 heteroatoms. The van der Waals surface area contributed by atoms with Gasteiger partial charge in [0.2, 0.25) is 0 Å². The normalized spacial score (nSPS) is 15.9. The first kappa shape index (κ1) is 14.4. The zero-order valence-electron chi connectivity index (χ0n) is 10.3. The molecule has 0 fully saturated rings. The number of esters is 1. The molecule has 0 saturated heterocycles. The van der Waals surface area contributed by atoms with Crippen LogP contribution in [0.2, 0.25) is 0 Å². The molecular formula is C11H23NO3. The number of nitrogens with one attached hydrogen (secondary N) is 1. The number of carbonyl (C=O) groups excluding carboxylic acids is 1. The van der Waals surface area contributed by atoms with Crippen LogP contribution in [0.5, 0.6) is 0 Å². The van der Waals surface area contributed by atoms with E-state index in [0.717, 1.165) is 0 Å². The second kappa shape index (κ2) is 6.08. The van der Waals surface area contributed by atoms with Crippen LogP contribution in [0.3, 0.4) is 0 Å². The highest BCUT2D eigenvalue weighted by molar-refractivity contribution is 5.72. The van der Waals surface area contributed by atoms with E-state index in [2.05, 4.69) is 5.32 Å². The molecule has 0 aromatic rings. The third kappa shape index (κ3) is 9.69. The van der Waals surface area contributed by atoms with Crippen LogP contribution in [-0.4, -0.2) is 35.4 Å². The first-order valence-corrected chi connectivity index (χ1v) is 5.34. The van der Waals surface area contributed by atoms with Crippen LogP contribution < -0.4 is 5.32 Å². The van der Waals surface area contributed by atoms with Gasteiger partial charge in [-0.15, -0.1) is 0 Å². The van der Waals surface area contributed by atoms with Gasteiger partial charge in [0.25, 0.3) is 0 Å². The molecule has 2 unspecified atom stereocenters. The lowest BCUT2D eigenvalue weighted by molar-refractivity contribution is -0.153. The van der Waals surface area contributed by atoms with Gasteiger partial charge in [-0.2, -0.15) is 0 Å². The summed E-state index contributed by atoms with van der Waals surface area (Å²) in [6, 6.07) is 0.109. The standard InChI is InChI=1S/C11H23NO3/c1-8(6-9(2)13)12-7-10(14)15-11(3,4)5/h8-9,12-13H,6-7H2,1-5H3. The molecule has 15 heavy (non-hydrogen) atoms. The summed E-state index contributed by atoms with van der Waals surface area (Å²) in [7, 11) is 0. The van der Waals surface area contributed by atoms with E-state index < -0.39 is 5.60 Å². The van der Waals surface area contributed by atoms with Gasteiger partial charge in [-0.05, 0) is 41.0 Å². The van der Waals surface area contributed by atoms with E-state index in [-0.39, 0.29) is 24.7 Å². The van der Waals surface area contributed by atoms with E-state index in [4.69, 9.17) is 9.84 Å². The van der Waals surface area contributed by atoms with E-state index in [0.29, 0.717) is 6.42 Å². The lowest BCUT2D eigenvalue weighted by atomic mass is 10.1. The summed E-state index contributed by atoms with van der Waals surface area (Å²) >= 11 is 0. The van der Waals surface area contributed by atoms with Crippen LogP contribution in [-0.2, 0) is 9.53 Å². The molecule has 0 bridgehead atoms. The van der Waals surface area contributed by atoms with Crippen LogP contribution >= 0.6 is 0 Å². The fourth-order valence-corrected chi connectivity index (χ4v) is 1.23. The molecule has 2 N–H and O–H groups in total. The summed E-state index contributed by atoms with van der Waals surface area (Å²) in [4.78, 5) is 11.3. The average molecular weight is 217 g/mol. The topological polar surface area (TPSA) is 58.6 Å². The monoisotopic (exact) mass is 217 g/mol. The van der Waals surface area contributed by atoms with Gasteiger partial charge in [-0.3, -0.25) is 4.79 Å². The van der Waals surface area contributed by atoms with Gasteiger partial charge in [0.1, 0.15) is 5.60 Å².